The van der Waals surface area contributed by atoms with E-state index >= 15 is 0 Å². The van der Waals surface area contributed by atoms with Crippen LogP contribution in [0.4, 0.5) is 5.95 Å². The zero-order valence-corrected chi connectivity index (χ0v) is 14.2. The Balaban J connectivity index is 1.40. The number of thiophene rings is 1. The van der Waals surface area contributed by atoms with Crippen LogP contribution < -0.4 is 4.90 Å². The van der Waals surface area contributed by atoms with E-state index in [-0.39, 0.29) is 6.04 Å². The van der Waals surface area contributed by atoms with Gasteiger partial charge in [0.2, 0.25) is 11.8 Å². The standard InChI is InChI=1S/C16H18N6OS/c1-12(14-19-20-15(23-14)13-4-2-11-24-13)21-7-9-22(10-8-21)16-17-5-3-6-18-16/h2-6,11-12H,7-10H2,1H3/t12-/m0/s1. The average Bonchev–Trinajstić information content (AvgIpc) is 3.33. The maximum atomic E-state index is 5.86. The SMILES string of the molecule is C[C@@H](c1nnc(-c2cccs2)o1)N1CCN(c2ncccn2)CC1. The Kier molecular flexibility index (Phi) is 4.22. The molecule has 124 valence electrons. The van der Waals surface area contributed by atoms with E-state index in [9.17, 15) is 0 Å². The van der Waals surface area contributed by atoms with Crippen LogP contribution in [0.5, 0.6) is 0 Å². The fourth-order valence-corrected chi connectivity index (χ4v) is 3.47. The molecule has 0 aliphatic carbocycles. The molecule has 3 aromatic rings. The van der Waals surface area contributed by atoms with Crippen molar-refractivity contribution in [1.82, 2.24) is 25.1 Å². The summed E-state index contributed by atoms with van der Waals surface area (Å²) in [4.78, 5) is 14.2. The number of rotatable bonds is 4. The van der Waals surface area contributed by atoms with Gasteiger partial charge in [0.1, 0.15) is 0 Å². The molecule has 0 saturated carbocycles. The molecule has 1 atom stereocenters. The maximum Gasteiger partial charge on any atom is 0.257 e. The predicted octanol–water partition coefficient (Wildman–Crippen LogP) is 2.47. The van der Waals surface area contributed by atoms with Crippen LogP contribution in [-0.4, -0.2) is 51.2 Å². The molecule has 1 fully saturated rings. The van der Waals surface area contributed by atoms with Gasteiger partial charge in [-0.25, -0.2) is 9.97 Å². The van der Waals surface area contributed by atoms with Crippen molar-refractivity contribution in [3.63, 3.8) is 0 Å². The third-order valence-electron chi connectivity index (χ3n) is 4.23. The van der Waals surface area contributed by atoms with Crippen molar-refractivity contribution in [3.05, 3.63) is 41.9 Å². The minimum absolute atomic E-state index is 0.102. The highest BCUT2D eigenvalue weighted by atomic mass is 32.1. The predicted molar refractivity (Wildman–Crippen MR) is 91.8 cm³/mol. The lowest BCUT2D eigenvalue weighted by atomic mass is 10.2. The first-order valence-corrected chi connectivity index (χ1v) is 8.82. The van der Waals surface area contributed by atoms with Gasteiger partial charge in [-0.3, -0.25) is 4.90 Å². The number of nitrogens with zero attached hydrogens (tertiary/aromatic N) is 6. The molecule has 4 rings (SSSR count). The molecular weight excluding hydrogens is 324 g/mol. The highest BCUT2D eigenvalue weighted by Gasteiger charge is 2.26. The molecule has 24 heavy (non-hydrogen) atoms. The van der Waals surface area contributed by atoms with Crippen LogP contribution in [-0.2, 0) is 0 Å². The summed E-state index contributed by atoms with van der Waals surface area (Å²) in [5.41, 5.74) is 0. The second-order valence-electron chi connectivity index (χ2n) is 5.67. The lowest BCUT2D eigenvalue weighted by Gasteiger charge is -2.36. The van der Waals surface area contributed by atoms with Crippen LogP contribution in [0.3, 0.4) is 0 Å². The third kappa shape index (κ3) is 3.02. The van der Waals surface area contributed by atoms with Crippen molar-refractivity contribution < 1.29 is 4.42 Å². The van der Waals surface area contributed by atoms with E-state index in [1.54, 1.807) is 23.7 Å². The quantitative estimate of drug-likeness (QED) is 0.721. The Labute approximate surface area is 144 Å². The molecule has 0 radical (unpaired) electrons. The highest BCUT2D eigenvalue weighted by molar-refractivity contribution is 7.13. The smallest absolute Gasteiger partial charge is 0.257 e. The van der Waals surface area contributed by atoms with Crippen LogP contribution in [0.2, 0.25) is 0 Å². The highest BCUT2D eigenvalue weighted by Crippen LogP contribution is 2.27. The van der Waals surface area contributed by atoms with Gasteiger partial charge in [-0.2, -0.15) is 0 Å². The van der Waals surface area contributed by atoms with Crippen LogP contribution in [0.1, 0.15) is 18.9 Å². The number of aromatic nitrogens is 4. The minimum Gasteiger partial charge on any atom is -0.418 e. The summed E-state index contributed by atoms with van der Waals surface area (Å²) in [6.07, 6.45) is 3.56. The first-order valence-electron chi connectivity index (χ1n) is 7.94. The topological polar surface area (TPSA) is 71.2 Å². The normalized spacial score (nSPS) is 17.1. The number of anilines is 1. The molecule has 0 bridgehead atoms. The van der Waals surface area contributed by atoms with E-state index in [4.69, 9.17) is 4.42 Å². The molecule has 0 spiro atoms. The minimum atomic E-state index is 0.102. The summed E-state index contributed by atoms with van der Waals surface area (Å²) >= 11 is 1.60. The van der Waals surface area contributed by atoms with E-state index in [2.05, 4.69) is 36.9 Å². The lowest BCUT2D eigenvalue weighted by Crippen LogP contribution is -2.47. The summed E-state index contributed by atoms with van der Waals surface area (Å²) in [6, 6.07) is 5.91. The summed E-state index contributed by atoms with van der Waals surface area (Å²) in [5.74, 6) is 2.06. The summed E-state index contributed by atoms with van der Waals surface area (Å²) in [7, 11) is 0. The maximum absolute atomic E-state index is 5.86. The van der Waals surface area contributed by atoms with Crippen molar-refractivity contribution in [3.8, 4) is 10.8 Å². The van der Waals surface area contributed by atoms with Crippen LogP contribution >= 0.6 is 11.3 Å². The van der Waals surface area contributed by atoms with Crippen molar-refractivity contribution in [1.29, 1.82) is 0 Å². The molecule has 4 heterocycles. The van der Waals surface area contributed by atoms with Crippen molar-refractivity contribution in [2.75, 3.05) is 31.1 Å². The monoisotopic (exact) mass is 342 g/mol. The third-order valence-corrected chi connectivity index (χ3v) is 5.08. The van der Waals surface area contributed by atoms with Crippen LogP contribution in [0, 0.1) is 0 Å². The second-order valence-corrected chi connectivity index (χ2v) is 6.62. The molecule has 1 aliphatic rings. The molecule has 1 saturated heterocycles. The van der Waals surface area contributed by atoms with Gasteiger partial charge in [0.15, 0.2) is 0 Å². The van der Waals surface area contributed by atoms with Gasteiger partial charge in [-0.05, 0) is 24.4 Å². The molecule has 8 heteroatoms. The number of hydrogen-bond donors (Lipinski definition) is 0. The van der Waals surface area contributed by atoms with Crippen LogP contribution in [0.25, 0.3) is 10.8 Å². The number of hydrogen-bond acceptors (Lipinski definition) is 8. The van der Waals surface area contributed by atoms with Crippen molar-refractivity contribution >= 4 is 17.3 Å². The van der Waals surface area contributed by atoms with Gasteiger partial charge in [-0.1, -0.05) is 6.07 Å². The van der Waals surface area contributed by atoms with E-state index in [1.165, 1.54) is 0 Å². The van der Waals surface area contributed by atoms with Gasteiger partial charge in [-0.15, -0.1) is 21.5 Å². The fraction of sp³-hybridized carbons (Fsp3) is 0.375. The summed E-state index contributed by atoms with van der Waals surface area (Å²) in [6.45, 7) is 5.72. The van der Waals surface area contributed by atoms with Crippen molar-refractivity contribution in [2.24, 2.45) is 0 Å². The van der Waals surface area contributed by atoms with E-state index in [0.717, 1.165) is 37.0 Å². The Morgan fingerprint density at radius 1 is 1.08 bits per heavy atom. The Morgan fingerprint density at radius 3 is 2.58 bits per heavy atom. The molecular formula is C16H18N6OS. The van der Waals surface area contributed by atoms with E-state index < -0.39 is 0 Å². The van der Waals surface area contributed by atoms with E-state index in [0.29, 0.717) is 11.8 Å². The zero-order chi connectivity index (χ0) is 16.4. The van der Waals surface area contributed by atoms with Gasteiger partial charge >= 0.3 is 0 Å². The van der Waals surface area contributed by atoms with Gasteiger partial charge in [0.25, 0.3) is 5.89 Å². The Hall–Kier alpha value is -2.32. The lowest BCUT2D eigenvalue weighted by molar-refractivity contribution is 0.173. The first kappa shape index (κ1) is 15.2. The fourth-order valence-electron chi connectivity index (χ4n) is 2.82. The number of piperazine rings is 1. The van der Waals surface area contributed by atoms with Gasteiger partial charge in [0, 0.05) is 38.6 Å². The van der Waals surface area contributed by atoms with Gasteiger partial charge in [0.05, 0.1) is 10.9 Å². The molecule has 0 unspecified atom stereocenters. The second kappa shape index (κ2) is 6.66. The van der Waals surface area contributed by atoms with E-state index in [1.807, 2.05) is 23.6 Å². The van der Waals surface area contributed by atoms with Gasteiger partial charge < -0.3 is 9.32 Å². The largest absolute Gasteiger partial charge is 0.418 e. The molecule has 7 nitrogen and oxygen atoms in total. The Morgan fingerprint density at radius 2 is 1.88 bits per heavy atom. The van der Waals surface area contributed by atoms with Crippen LogP contribution in [0.15, 0.2) is 40.4 Å². The average molecular weight is 342 g/mol. The summed E-state index contributed by atoms with van der Waals surface area (Å²) < 4.78 is 5.86. The Bertz CT molecular complexity index is 767. The van der Waals surface area contributed by atoms with Crippen molar-refractivity contribution in [2.45, 2.75) is 13.0 Å². The summed E-state index contributed by atoms with van der Waals surface area (Å²) in [5, 5.41) is 10.4. The molecule has 0 N–H and O–H groups in total. The zero-order valence-electron chi connectivity index (χ0n) is 13.4. The molecule has 0 aromatic carbocycles. The molecule has 0 amide bonds. The molecule has 3 aromatic heterocycles. The molecule has 1 aliphatic heterocycles. The first-order chi connectivity index (χ1) is 11.8.